The number of rotatable bonds is 11. The van der Waals surface area contributed by atoms with Crippen LogP contribution in [0, 0.1) is 11.3 Å². The van der Waals surface area contributed by atoms with Crippen LogP contribution in [0.1, 0.15) is 18.4 Å². The van der Waals surface area contributed by atoms with E-state index in [0.29, 0.717) is 31.1 Å². The molecule has 4 rings (SSSR count). The number of nitriles is 1. The van der Waals surface area contributed by atoms with Crippen LogP contribution in [0.25, 0.3) is 16.8 Å². The van der Waals surface area contributed by atoms with E-state index in [1.807, 2.05) is 18.2 Å². The fourth-order valence-corrected chi connectivity index (χ4v) is 5.01. The van der Waals surface area contributed by atoms with E-state index < -0.39 is 6.61 Å². The molecule has 0 aliphatic carbocycles. The molecule has 9 nitrogen and oxygen atoms in total. The van der Waals surface area contributed by atoms with Crippen LogP contribution in [0.3, 0.4) is 0 Å². The zero-order valence-corrected chi connectivity index (χ0v) is 23.2. The van der Waals surface area contributed by atoms with E-state index in [1.54, 1.807) is 23.1 Å². The lowest BCUT2D eigenvalue weighted by molar-refractivity contribution is -0.133. The normalized spacial score (nSPS) is 18.2. The standard InChI is InChI=1S/C32H37N5O4/c1-3-5-28(23(4-2)8-11-26(12-14-33)41-27-13-15-37(21-27)31(39)22-38)29-20-30(35-32(29)34)24-6-9-25(10-7-24)36-16-18-40-19-17-36/h3-11,20,27,35,38H,1-2,12-13,15-19,21-22,34H2/b23-8+,26-11+,28-5-/t27-/m1/s1. The number of hydrogen-bond donors (Lipinski definition) is 3. The van der Waals surface area contributed by atoms with Crippen molar-refractivity contribution in [3.63, 3.8) is 0 Å². The number of H-pyrrole nitrogens is 1. The zero-order valence-electron chi connectivity index (χ0n) is 23.2. The summed E-state index contributed by atoms with van der Waals surface area (Å²) in [7, 11) is 0. The highest BCUT2D eigenvalue weighted by atomic mass is 16.5. The SMILES string of the molecule is C=C/C=C(/C(C=C)=C/C=C(\CC#N)O[C@@H]1CCN(C(=O)CO)C1)c1cc(-c2ccc(N3CCOCC3)cc2)[nH]c1N. The smallest absolute Gasteiger partial charge is 0.248 e. The number of ether oxygens (including phenoxy) is 2. The Hall–Kier alpha value is -4.52. The van der Waals surface area contributed by atoms with Gasteiger partial charge in [0.15, 0.2) is 0 Å². The molecule has 1 aromatic carbocycles. The quantitative estimate of drug-likeness (QED) is 0.280. The Balaban J connectivity index is 1.55. The molecule has 0 radical (unpaired) electrons. The molecule has 1 amide bonds. The molecular weight excluding hydrogens is 518 g/mol. The number of likely N-dealkylation sites (tertiary alicyclic amines) is 1. The maximum absolute atomic E-state index is 11.8. The Bertz CT molecular complexity index is 1370. The molecule has 41 heavy (non-hydrogen) atoms. The molecule has 1 aromatic heterocycles. The Morgan fingerprint density at radius 2 is 1.95 bits per heavy atom. The molecule has 3 heterocycles. The summed E-state index contributed by atoms with van der Waals surface area (Å²) in [5.74, 6) is 0.665. The van der Waals surface area contributed by atoms with Crippen LogP contribution < -0.4 is 10.6 Å². The zero-order chi connectivity index (χ0) is 29.2. The number of aromatic amines is 1. The fourth-order valence-electron chi connectivity index (χ4n) is 5.01. The molecule has 0 spiro atoms. The van der Waals surface area contributed by atoms with E-state index in [4.69, 9.17) is 20.3 Å². The number of nitrogens with two attached hydrogens (primary N) is 1. The Labute approximate surface area is 241 Å². The molecule has 1 atom stereocenters. The third-order valence-corrected chi connectivity index (χ3v) is 7.16. The summed E-state index contributed by atoms with van der Waals surface area (Å²) in [5, 5.41) is 18.5. The number of morpholine rings is 1. The Morgan fingerprint density at radius 1 is 1.20 bits per heavy atom. The third-order valence-electron chi connectivity index (χ3n) is 7.16. The van der Waals surface area contributed by atoms with Crippen LogP contribution >= 0.6 is 0 Å². The fraction of sp³-hybridized carbons (Fsp3) is 0.312. The molecule has 9 heteroatoms. The van der Waals surface area contributed by atoms with Gasteiger partial charge in [-0.15, -0.1) is 0 Å². The largest absolute Gasteiger partial charge is 0.492 e. The van der Waals surface area contributed by atoms with E-state index in [0.717, 1.165) is 60.0 Å². The van der Waals surface area contributed by atoms with Crippen molar-refractivity contribution in [1.82, 2.24) is 9.88 Å². The van der Waals surface area contributed by atoms with E-state index in [2.05, 4.69) is 53.4 Å². The number of allylic oxidation sites excluding steroid dienone is 8. The van der Waals surface area contributed by atoms with Gasteiger partial charge in [-0.3, -0.25) is 4.79 Å². The van der Waals surface area contributed by atoms with Gasteiger partial charge in [-0.05, 0) is 41.0 Å². The second-order valence-corrected chi connectivity index (χ2v) is 9.79. The molecule has 2 aromatic rings. The van der Waals surface area contributed by atoms with Crippen LogP contribution in [-0.2, 0) is 14.3 Å². The molecule has 2 saturated heterocycles. The molecule has 2 fully saturated rings. The van der Waals surface area contributed by atoms with Crippen molar-refractivity contribution in [1.29, 1.82) is 5.26 Å². The summed E-state index contributed by atoms with van der Waals surface area (Å²) >= 11 is 0. The summed E-state index contributed by atoms with van der Waals surface area (Å²) in [4.78, 5) is 19.0. The number of amides is 1. The topological polar surface area (TPSA) is 128 Å². The first-order valence-electron chi connectivity index (χ1n) is 13.7. The number of carbonyl (C=O) groups excluding carboxylic acids is 1. The lowest BCUT2D eigenvalue weighted by atomic mass is 9.97. The highest BCUT2D eigenvalue weighted by Crippen LogP contribution is 2.34. The lowest BCUT2D eigenvalue weighted by Gasteiger charge is -2.28. The minimum absolute atomic E-state index is 0.0722. The van der Waals surface area contributed by atoms with Gasteiger partial charge in [0.1, 0.15) is 24.3 Å². The summed E-state index contributed by atoms with van der Waals surface area (Å²) < 4.78 is 11.5. The number of carbonyl (C=O) groups is 1. The maximum atomic E-state index is 11.8. The van der Waals surface area contributed by atoms with Crippen molar-refractivity contribution < 1.29 is 19.4 Å². The monoisotopic (exact) mass is 555 g/mol. The first-order chi connectivity index (χ1) is 20.0. The van der Waals surface area contributed by atoms with E-state index in [1.165, 1.54) is 0 Å². The van der Waals surface area contributed by atoms with Crippen molar-refractivity contribution in [2.45, 2.75) is 18.9 Å². The second-order valence-electron chi connectivity index (χ2n) is 9.79. The van der Waals surface area contributed by atoms with E-state index in [-0.39, 0.29) is 18.4 Å². The van der Waals surface area contributed by atoms with Crippen LogP contribution in [0.5, 0.6) is 0 Å². The van der Waals surface area contributed by atoms with Crippen LogP contribution in [0.2, 0.25) is 0 Å². The first-order valence-corrected chi connectivity index (χ1v) is 13.7. The van der Waals surface area contributed by atoms with Crippen molar-refractivity contribution in [3.05, 3.63) is 90.8 Å². The van der Waals surface area contributed by atoms with Crippen LogP contribution in [0.4, 0.5) is 11.5 Å². The van der Waals surface area contributed by atoms with Gasteiger partial charge in [-0.25, -0.2) is 0 Å². The molecule has 2 aliphatic heterocycles. The summed E-state index contributed by atoms with van der Waals surface area (Å²) in [6.45, 7) is 11.5. The van der Waals surface area contributed by atoms with Gasteiger partial charge in [0.25, 0.3) is 0 Å². The predicted octanol–water partition coefficient (Wildman–Crippen LogP) is 4.19. The average molecular weight is 556 g/mol. The maximum Gasteiger partial charge on any atom is 0.248 e. The molecular formula is C32H37N5O4. The molecule has 0 bridgehead atoms. The van der Waals surface area contributed by atoms with Gasteiger partial charge in [0.2, 0.25) is 5.91 Å². The number of aliphatic hydroxyl groups is 1. The summed E-state index contributed by atoms with van der Waals surface area (Å²) in [6, 6.07) is 12.5. The number of aliphatic hydroxyl groups excluding tert-OH is 1. The van der Waals surface area contributed by atoms with Gasteiger partial charge in [-0.1, -0.05) is 49.6 Å². The Morgan fingerprint density at radius 3 is 2.61 bits per heavy atom. The number of aromatic nitrogens is 1. The summed E-state index contributed by atoms with van der Waals surface area (Å²) in [6.07, 6.45) is 9.32. The van der Waals surface area contributed by atoms with Crippen LogP contribution in [-0.4, -0.2) is 73.0 Å². The van der Waals surface area contributed by atoms with Crippen molar-refractivity contribution in [2.24, 2.45) is 0 Å². The Kier molecular flexibility index (Phi) is 10.2. The highest BCUT2D eigenvalue weighted by Gasteiger charge is 2.27. The average Bonchev–Trinajstić information content (AvgIpc) is 3.63. The third kappa shape index (κ3) is 7.37. The van der Waals surface area contributed by atoms with Gasteiger partial charge in [0.05, 0.1) is 32.2 Å². The lowest BCUT2D eigenvalue weighted by Crippen LogP contribution is -2.36. The van der Waals surface area contributed by atoms with Crippen LogP contribution in [0.15, 0.2) is 85.2 Å². The first kappa shape index (κ1) is 29.5. The van der Waals surface area contributed by atoms with Crippen molar-refractivity contribution in [3.8, 4) is 17.3 Å². The van der Waals surface area contributed by atoms with Gasteiger partial charge < -0.3 is 35.1 Å². The highest BCUT2D eigenvalue weighted by molar-refractivity contribution is 5.89. The van der Waals surface area contributed by atoms with E-state index in [9.17, 15) is 10.1 Å². The summed E-state index contributed by atoms with van der Waals surface area (Å²) in [5.41, 5.74) is 11.9. The molecule has 0 unspecified atom stereocenters. The minimum Gasteiger partial charge on any atom is -0.492 e. The molecule has 4 N–H and O–H groups in total. The predicted molar refractivity (Wildman–Crippen MR) is 162 cm³/mol. The number of nitrogens with zero attached hydrogens (tertiary/aromatic N) is 3. The van der Waals surface area contributed by atoms with Crippen molar-refractivity contribution in [2.75, 3.05) is 56.6 Å². The molecule has 2 aliphatic rings. The second kappa shape index (κ2) is 14.2. The number of anilines is 2. The number of nitrogens with one attached hydrogen (secondary N) is 1. The van der Waals surface area contributed by atoms with Gasteiger partial charge in [-0.2, -0.15) is 5.26 Å². The van der Waals surface area contributed by atoms with Crippen molar-refractivity contribution >= 4 is 23.0 Å². The number of benzene rings is 1. The number of nitrogen functional groups attached to an aromatic ring is 1. The number of hydrogen-bond acceptors (Lipinski definition) is 7. The van der Waals surface area contributed by atoms with E-state index >= 15 is 0 Å². The minimum atomic E-state index is -0.527. The molecule has 0 saturated carbocycles. The molecule has 214 valence electrons. The van der Waals surface area contributed by atoms with Gasteiger partial charge >= 0.3 is 0 Å². The van der Waals surface area contributed by atoms with Gasteiger partial charge in [0, 0.05) is 43.0 Å².